The Bertz CT molecular complexity index is 226. The number of carbonyl (C=O) groups excluding carboxylic acids is 2. The highest BCUT2D eigenvalue weighted by Gasteiger charge is 2.42. The van der Waals surface area contributed by atoms with Gasteiger partial charge in [-0.05, 0) is 6.42 Å². The van der Waals surface area contributed by atoms with E-state index in [9.17, 15) is 9.59 Å². The first-order valence-electron chi connectivity index (χ1n) is 4.13. The molecule has 4 heteroatoms. The van der Waals surface area contributed by atoms with Crippen molar-refractivity contribution in [2.24, 2.45) is 5.41 Å². The average molecular weight is 169 g/mol. The number of esters is 1. The molecule has 2 aliphatic heterocycles. The minimum absolute atomic E-state index is 0.0784. The summed E-state index contributed by atoms with van der Waals surface area (Å²) >= 11 is 0. The quantitative estimate of drug-likeness (QED) is 0.512. The molecular weight excluding hydrogens is 158 g/mol. The molecule has 0 aliphatic carbocycles. The van der Waals surface area contributed by atoms with Gasteiger partial charge in [0.15, 0.2) is 0 Å². The van der Waals surface area contributed by atoms with Crippen LogP contribution in [0.15, 0.2) is 0 Å². The highest BCUT2D eigenvalue weighted by molar-refractivity contribution is 5.78. The molecule has 0 radical (unpaired) electrons. The molecule has 1 spiro atoms. The van der Waals surface area contributed by atoms with Gasteiger partial charge in [-0.25, -0.2) is 0 Å². The van der Waals surface area contributed by atoms with Gasteiger partial charge in [0.05, 0.1) is 13.0 Å². The summed E-state index contributed by atoms with van der Waals surface area (Å²) < 4.78 is 4.89. The fourth-order valence-electron chi connectivity index (χ4n) is 1.76. The molecule has 0 aromatic rings. The first-order chi connectivity index (χ1) is 5.70. The zero-order chi connectivity index (χ0) is 8.60. The van der Waals surface area contributed by atoms with Crippen LogP contribution >= 0.6 is 0 Å². The van der Waals surface area contributed by atoms with E-state index in [4.69, 9.17) is 4.74 Å². The molecule has 4 nitrogen and oxygen atoms in total. The van der Waals surface area contributed by atoms with Crippen molar-refractivity contribution in [2.45, 2.75) is 19.3 Å². The molecule has 0 bridgehead atoms. The van der Waals surface area contributed by atoms with E-state index in [-0.39, 0.29) is 17.3 Å². The van der Waals surface area contributed by atoms with E-state index in [1.54, 1.807) is 0 Å². The third-order valence-corrected chi connectivity index (χ3v) is 2.60. The van der Waals surface area contributed by atoms with Crippen LogP contribution in [-0.2, 0) is 14.3 Å². The van der Waals surface area contributed by atoms with Gasteiger partial charge in [0.1, 0.15) is 0 Å². The van der Waals surface area contributed by atoms with Gasteiger partial charge in [0.2, 0.25) is 5.91 Å². The Morgan fingerprint density at radius 3 is 2.75 bits per heavy atom. The smallest absolute Gasteiger partial charge is 0.306 e. The van der Waals surface area contributed by atoms with E-state index in [1.807, 2.05) is 0 Å². The standard InChI is InChI=1S/C8H11NO3/c10-6-1-2-8(4-9-6)3-7(11)12-5-8/h1-5H2,(H,9,10)/t8-/m0/s1. The highest BCUT2D eigenvalue weighted by Crippen LogP contribution is 2.35. The maximum Gasteiger partial charge on any atom is 0.306 e. The summed E-state index contributed by atoms with van der Waals surface area (Å²) in [5, 5.41) is 2.76. The van der Waals surface area contributed by atoms with Crippen LogP contribution in [0.4, 0.5) is 0 Å². The van der Waals surface area contributed by atoms with Gasteiger partial charge in [0, 0.05) is 18.4 Å². The molecule has 1 amide bonds. The Hall–Kier alpha value is -1.06. The van der Waals surface area contributed by atoms with Gasteiger partial charge in [0.25, 0.3) is 0 Å². The van der Waals surface area contributed by atoms with Crippen LogP contribution in [0.25, 0.3) is 0 Å². The van der Waals surface area contributed by atoms with Crippen molar-refractivity contribution in [3.8, 4) is 0 Å². The Labute approximate surface area is 70.3 Å². The molecule has 1 atom stereocenters. The van der Waals surface area contributed by atoms with E-state index in [0.29, 0.717) is 26.0 Å². The van der Waals surface area contributed by atoms with E-state index in [2.05, 4.69) is 5.32 Å². The van der Waals surface area contributed by atoms with Crippen LogP contribution in [0.1, 0.15) is 19.3 Å². The Balaban J connectivity index is 2.04. The number of piperidine rings is 1. The van der Waals surface area contributed by atoms with Crippen molar-refractivity contribution in [2.75, 3.05) is 13.2 Å². The summed E-state index contributed by atoms with van der Waals surface area (Å²) in [5.41, 5.74) is -0.0784. The molecule has 66 valence electrons. The number of hydrogen-bond donors (Lipinski definition) is 1. The lowest BCUT2D eigenvalue weighted by molar-refractivity contribution is -0.137. The molecule has 1 N–H and O–H groups in total. The number of nitrogens with one attached hydrogen (secondary N) is 1. The van der Waals surface area contributed by atoms with E-state index in [0.717, 1.165) is 6.42 Å². The minimum Gasteiger partial charge on any atom is -0.465 e. The summed E-state index contributed by atoms with van der Waals surface area (Å²) in [6.07, 6.45) is 1.77. The monoisotopic (exact) mass is 169 g/mol. The van der Waals surface area contributed by atoms with Crippen LogP contribution in [0.5, 0.6) is 0 Å². The SMILES string of the molecule is O=C1CC[C@]2(CN1)COC(=O)C2. The van der Waals surface area contributed by atoms with Crippen molar-refractivity contribution in [1.29, 1.82) is 0 Å². The van der Waals surface area contributed by atoms with Gasteiger partial charge in [-0.1, -0.05) is 0 Å². The third-order valence-electron chi connectivity index (χ3n) is 2.60. The second-order valence-electron chi connectivity index (χ2n) is 3.61. The van der Waals surface area contributed by atoms with E-state index < -0.39 is 0 Å². The van der Waals surface area contributed by atoms with Crippen molar-refractivity contribution >= 4 is 11.9 Å². The summed E-state index contributed by atoms with van der Waals surface area (Å²) in [7, 11) is 0. The number of carbonyl (C=O) groups is 2. The largest absolute Gasteiger partial charge is 0.465 e. The third kappa shape index (κ3) is 1.17. The number of hydrogen-bond acceptors (Lipinski definition) is 3. The number of amides is 1. The molecular formula is C8H11NO3. The first-order valence-corrected chi connectivity index (χ1v) is 4.13. The van der Waals surface area contributed by atoms with Crippen LogP contribution in [-0.4, -0.2) is 25.0 Å². The van der Waals surface area contributed by atoms with Crippen LogP contribution in [0.3, 0.4) is 0 Å². The lowest BCUT2D eigenvalue weighted by Crippen LogP contribution is -2.43. The van der Waals surface area contributed by atoms with Crippen LogP contribution < -0.4 is 5.32 Å². The Morgan fingerprint density at radius 2 is 2.25 bits per heavy atom. The predicted molar refractivity (Wildman–Crippen MR) is 40.3 cm³/mol. The molecule has 0 unspecified atom stereocenters. The number of ether oxygens (including phenoxy) is 1. The normalized spacial score (nSPS) is 35.0. The zero-order valence-corrected chi connectivity index (χ0v) is 6.76. The van der Waals surface area contributed by atoms with Crippen LogP contribution in [0.2, 0.25) is 0 Å². The Morgan fingerprint density at radius 1 is 1.42 bits per heavy atom. The fraction of sp³-hybridized carbons (Fsp3) is 0.750. The summed E-state index contributed by atoms with van der Waals surface area (Å²) in [6.45, 7) is 1.07. The fourth-order valence-corrected chi connectivity index (χ4v) is 1.76. The van der Waals surface area contributed by atoms with Crippen molar-refractivity contribution in [3.05, 3.63) is 0 Å². The second-order valence-corrected chi connectivity index (χ2v) is 3.61. The molecule has 2 fully saturated rings. The maximum atomic E-state index is 10.9. The van der Waals surface area contributed by atoms with Gasteiger partial charge in [-0.2, -0.15) is 0 Å². The Kier molecular flexibility index (Phi) is 1.56. The van der Waals surface area contributed by atoms with Gasteiger partial charge < -0.3 is 10.1 Å². The predicted octanol–water partition coefficient (Wildman–Crippen LogP) is -0.170. The molecule has 2 heterocycles. The second kappa shape index (κ2) is 2.47. The molecule has 0 saturated carbocycles. The molecule has 2 aliphatic rings. The average Bonchev–Trinajstić information content (AvgIpc) is 2.40. The maximum absolute atomic E-state index is 10.9. The summed E-state index contributed by atoms with van der Waals surface area (Å²) in [5.74, 6) is -0.0499. The minimum atomic E-state index is -0.133. The number of rotatable bonds is 0. The topological polar surface area (TPSA) is 55.4 Å². The van der Waals surface area contributed by atoms with Crippen molar-refractivity contribution in [3.63, 3.8) is 0 Å². The number of cyclic esters (lactones) is 1. The van der Waals surface area contributed by atoms with E-state index in [1.165, 1.54) is 0 Å². The molecule has 2 saturated heterocycles. The molecule has 0 aromatic heterocycles. The summed E-state index contributed by atoms with van der Waals surface area (Å²) in [6, 6.07) is 0. The summed E-state index contributed by atoms with van der Waals surface area (Å²) in [4.78, 5) is 21.7. The van der Waals surface area contributed by atoms with Gasteiger partial charge >= 0.3 is 5.97 Å². The first kappa shape index (κ1) is 7.58. The van der Waals surface area contributed by atoms with E-state index >= 15 is 0 Å². The molecule has 12 heavy (non-hydrogen) atoms. The highest BCUT2D eigenvalue weighted by atomic mass is 16.5. The van der Waals surface area contributed by atoms with Crippen molar-refractivity contribution in [1.82, 2.24) is 5.32 Å². The molecule has 2 rings (SSSR count). The van der Waals surface area contributed by atoms with Crippen molar-refractivity contribution < 1.29 is 14.3 Å². The van der Waals surface area contributed by atoms with Gasteiger partial charge in [-0.3, -0.25) is 9.59 Å². The van der Waals surface area contributed by atoms with Crippen LogP contribution in [0, 0.1) is 5.41 Å². The lowest BCUT2D eigenvalue weighted by atomic mass is 9.80. The van der Waals surface area contributed by atoms with Gasteiger partial charge in [-0.15, -0.1) is 0 Å². The zero-order valence-electron chi connectivity index (χ0n) is 6.76. The lowest BCUT2D eigenvalue weighted by Gasteiger charge is -2.30. The molecule has 0 aromatic carbocycles.